The van der Waals surface area contributed by atoms with Crippen LogP contribution in [0.15, 0.2) is 18.5 Å². The lowest BCUT2D eigenvalue weighted by Gasteiger charge is -2.47. The van der Waals surface area contributed by atoms with E-state index in [-0.39, 0.29) is 18.1 Å². The molecule has 1 spiro atoms. The lowest BCUT2D eigenvalue weighted by Crippen LogP contribution is -2.59. The molecule has 3 heterocycles. The van der Waals surface area contributed by atoms with Gasteiger partial charge in [-0.15, -0.1) is 0 Å². The highest BCUT2D eigenvalue weighted by Gasteiger charge is 2.42. The second kappa shape index (κ2) is 10.7. The van der Waals surface area contributed by atoms with Gasteiger partial charge in [-0.2, -0.15) is 18.3 Å². The van der Waals surface area contributed by atoms with Crippen molar-refractivity contribution >= 4 is 11.9 Å². The van der Waals surface area contributed by atoms with Crippen LogP contribution in [0.3, 0.4) is 0 Å². The zero-order valence-electron chi connectivity index (χ0n) is 16.8. The number of alkyl halides is 3. The van der Waals surface area contributed by atoms with Gasteiger partial charge >= 0.3 is 12.1 Å². The van der Waals surface area contributed by atoms with E-state index in [1.165, 1.54) is 0 Å². The number of methoxy groups -OCH3 is 1. The van der Waals surface area contributed by atoms with Gasteiger partial charge < -0.3 is 24.4 Å². The first kappa shape index (κ1) is 24.1. The molecule has 0 bridgehead atoms. The molecule has 30 heavy (non-hydrogen) atoms. The van der Waals surface area contributed by atoms with Crippen LogP contribution in [0.2, 0.25) is 0 Å². The Balaban J connectivity index is 0.000000396. The molecule has 1 N–H and O–H groups in total. The molecule has 0 aliphatic carbocycles. The van der Waals surface area contributed by atoms with Gasteiger partial charge in [0.25, 0.3) is 0 Å². The fourth-order valence-corrected chi connectivity index (χ4v) is 3.35. The number of hydrogen-bond acceptors (Lipinski definition) is 6. The number of likely N-dealkylation sites (tertiary alicyclic amines) is 1. The maximum absolute atomic E-state index is 12.1. The summed E-state index contributed by atoms with van der Waals surface area (Å²) in [5.41, 5.74) is -0.165. The van der Waals surface area contributed by atoms with Crippen LogP contribution in [0.25, 0.3) is 0 Å². The molecule has 2 aliphatic rings. The van der Waals surface area contributed by atoms with Crippen LogP contribution in [0.1, 0.15) is 12.8 Å². The number of ether oxygens (including phenoxy) is 2. The largest absolute Gasteiger partial charge is 0.490 e. The number of carbonyl (C=O) groups is 2. The van der Waals surface area contributed by atoms with Gasteiger partial charge in [0.1, 0.15) is 6.61 Å². The van der Waals surface area contributed by atoms with Crippen LogP contribution < -0.4 is 0 Å². The summed E-state index contributed by atoms with van der Waals surface area (Å²) in [5.74, 6) is -2.67. The summed E-state index contributed by atoms with van der Waals surface area (Å²) in [5, 5.41) is 11.3. The number of aromatic nitrogens is 2. The predicted molar refractivity (Wildman–Crippen MR) is 98.7 cm³/mol. The summed E-state index contributed by atoms with van der Waals surface area (Å²) in [6, 6.07) is 1.90. The third-order valence-corrected chi connectivity index (χ3v) is 5.11. The number of piperidine rings is 1. The molecule has 0 saturated carbocycles. The van der Waals surface area contributed by atoms with E-state index in [0.717, 1.165) is 45.6 Å². The van der Waals surface area contributed by atoms with E-state index in [0.29, 0.717) is 13.1 Å². The highest BCUT2D eigenvalue weighted by atomic mass is 19.4. The Bertz CT molecular complexity index is 676. The highest BCUT2D eigenvalue weighted by molar-refractivity contribution is 5.78. The minimum absolute atomic E-state index is 0.0876. The summed E-state index contributed by atoms with van der Waals surface area (Å²) in [6.45, 7) is 6.07. The number of hydrogen-bond donors (Lipinski definition) is 1. The first-order valence-corrected chi connectivity index (χ1v) is 9.56. The standard InChI is InChI=1S/C16H26N4O3.C2HF3O2/c1-22-12-11-18-7-3-16(4-8-18)14-19(15(21)13-23-16)9-10-20-6-2-5-17-20;3-2(4,5)1(6)7/h2,5-6H,3-4,7-14H2,1H3;(H,6,7). The van der Waals surface area contributed by atoms with Crippen molar-refractivity contribution in [2.45, 2.75) is 31.2 Å². The molecule has 1 aromatic rings. The topological polar surface area (TPSA) is 97.1 Å². The number of nitrogens with zero attached hydrogens (tertiary/aromatic N) is 4. The number of halogens is 3. The van der Waals surface area contributed by atoms with Crippen LogP contribution >= 0.6 is 0 Å². The molecular formula is C18H27F3N4O5. The van der Waals surface area contributed by atoms with Crippen LogP contribution in [-0.2, 0) is 25.6 Å². The Labute approximate surface area is 172 Å². The normalized spacial score (nSPS) is 19.5. The number of aliphatic carboxylic acids is 1. The highest BCUT2D eigenvalue weighted by Crippen LogP contribution is 2.30. The van der Waals surface area contributed by atoms with Gasteiger partial charge in [0.15, 0.2) is 0 Å². The van der Waals surface area contributed by atoms with Crippen LogP contribution in [0.5, 0.6) is 0 Å². The lowest BCUT2D eigenvalue weighted by molar-refractivity contribution is -0.192. The molecule has 12 heteroatoms. The number of amides is 1. The SMILES string of the molecule is COCCN1CCC2(CC1)CN(CCn1cccn1)C(=O)CO2.O=C(O)C(F)(F)F. The van der Waals surface area contributed by atoms with Gasteiger partial charge in [0.2, 0.25) is 5.91 Å². The summed E-state index contributed by atoms with van der Waals surface area (Å²) >= 11 is 0. The molecule has 0 radical (unpaired) electrons. The van der Waals surface area contributed by atoms with E-state index in [9.17, 15) is 18.0 Å². The number of morpholine rings is 1. The fourth-order valence-electron chi connectivity index (χ4n) is 3.35. The molecule has 1 amide bonds. The van der Waals surface area contributed by atoms with Gasteiger partial charge in [-0.1, -0.05) is 0 Å². The van der Waals surface area contributed by atoms with Gasteiger partial charge in [-0.05, 0) is 18.9 Å². The fraction of sp³-hybridized carbons (Fsp3) is 0.722. The molecule has 0 atom stereocenters. The summed E-state index contributed by atoms with van der Waals surface area (Å²) in [4.78, 5) is 25.4. The first-order chi connectivity index (χ1) is 14.1. The van der Waals surface area contributed by atoms with Crippen molar-refractivity contribution in [3.8, 4) is 0 Å². The molecule has 0 aromatic carbocycles. The number of carbonyl (C=O) groups excluding carboxylic acids is 1. The van der Waals surface area contributed by atoms with Gasteiger partial charge in [-0.25, -0.2) is 4.79 Å². The smallest absolute Gasteiger partial charge is 0.475 e. The average Bonchev–Trinajstić information content (AvgIpc) is 3.22. The molecule has 170 valence electrons. The Morgan fingerprint density at radius 2 is 1.97 bits per heavy atom. The zero-order valence-corrected chi connectivity index (χ0v) is 16.8. The van der Waals surface area contributed by atoms with Crippen molar-refractivity contribution in [1.82, 2.24) is 19.6 Å². The van der Waals surface area contributed by atoms with Crippen LogP contribution in [-0.4, -0.2) is 101 Å². The van der Waals surface area contributed by atoms with E-state index < -0.39 is 12.1 Å². The molecule has 2 saturated heterocycles. The van der Waals surface area contributed by atoms with E-state index in [1.807, 2.05) is 21.8 Å². The van der Waals surface area contributed by atoms with Crippen molar-refractivity contribution in [3.05, 3.63) is 18.5 Å². The van der Waals surface area contributed by atoms with Crippen molar-refractivity contribution in [3.63, 3.8) is 0 Å². The first-order valence-electron chi connectivity index (χ1n) is 9.56. The molecule has 2 aliphatic heterocycles. The number of rotatable bonds is 6. The maximum Gasteiger partial charge on any atom is 0.490 e. The van der Waals surface area contributed by atoms with Crippen LogP contribution in [0.4, 0.5) is 13.2 Å². The van der Waals surface area contributed by atoms with Gasteiger partial charge in [-0.3, -0.25) is 9.48 Å². The molecule has 0 unspecified atom stereocenters. The zero-order chi connectivity index (χ0) is 22.2. The molecule has 9 nitrogen and oxygen atoms in total. The maximum atomic E-state index is 12.1. The van der Waals surface area contributed by atoms with E-state index in [1.54, 1.807) is 13.3 Å². The van der Waals surface area contributed by atoms with Crippen molar-refractivity contribution in [2.24, 2.45) is 0 Å². The summed E-state index contributed by atoms with van der Waals surface area (Å²) in [7, 11) is 1.73. The average molecular weight is 436 g/mol. The van der Waals surface area contributed by atoms with Crippen molar-refractivity contribution in [1.29, 1.82) is 0 Å². The third kappa shape index (κ3) is 7.26. The second-order valence-electron chi connectivity index (χ2n) is 7.19. The van der Waals surface area contributed by atoms with Crippen LogP contribution in [0, 0.1) is 0 Å². The van der Waals surface area contributed by atoms with Gasteiger partial charge in [0, 0.05) is 52.2 Å². The Kier molecular flexibility index (Phi) is 8.62. The molecule has 2 fully saturated rings. The summed E-state index contributed by atoms with van der Waals surface area (Å²) < 4.78 is 44.7. The van der Waals surface area contributed by atoms with E-state index in [2.05, 4.69) is 10.00 Å². The lowest BCUT2D eigenvalue weighted by atomic mass is 9.89. The molecule has 1 aromatic heterocycles. The minimum Gasteiger partial charge on any atom is -0.475 e. The monoisotopic (exact) mass is 436 g/mol. The Morgan fingerprint density at radius 3 is 2.50 bits per heavy atom. The molecule has 3 rings (SSSR count). The quantitative estimate of drug-likeness (QED) is 0.706. The minimum atomic E-state index is -5.08. The van der Waals surface area contributed by atoms with Gasteiger partial charge in [0.05, 0.1) is 18.8 Å². The third-order valence-electron chi connectivity index (χ3n) is 5.11. The predicted octanol–water partition coefficient (Wildman–Crippen LogP) is 0.856. The number of carboxylic acid groups (broad SMARTS) is 1. The number of carboxylic acids is 1. The van der Waals surface area contributed by atoms with E-state index in [4.69, 9.17) is 19.4 Å². The Hall–Kier alpha value is -2.18. The molecular weight excluding hydrogens is 409 g/mol. The summed E-state index contributed by atoms with van der Waals surface area (Å²) in [6.07, 6.45) is 0.553. The van der Waals surface area contributed by atoms with Crippen molar-refractivity contribution in [2.75, 3.05) is 53.0 Å². The second-order valence-corrected chi connectivity index (χ2v) is 7.19. The van der Waals surface area contributed by atoms with Crippen molar-refractivity contribution < 1.29 is 37.3 Å². The van der Waals surface area contributed by atoms with E-state index >= 15 is 0 Å². The Morgan fingerprint density at radius 1 is 1.30 bits per heavy atom.